The highest BCUT2D eigenvalue weighted by molar-refractivity contribution is 6.04. The average molecular weight is 444 g/mol. The van der Waals surface area contributed by atoms with Crippen LogP contribution in [-0.4, -0.2) is 31.4 Å². The molecule has 2 amide bonds. The number of nitrogens with zero attached hydrogens (tertiary/aromatic N) is 2. The molecule has 2 aromatic heterocycles. The zero-order valence-corrected chi connectivity index (χ0v) is 17.4. The molecule has 9 nitrogen and oxygen atoms in total. The molecule has 1 saturated carbocycles. The Kier molecular flexibility index (Phi) is 5.06. The van der Waals surface area contributed by atoms with Crippen LogP contribution in [0.5, 0.6) is 23.0 Å². The van der Waals surface area contributed by atoms with Crippen LogP contribution < -0.4 is 15.4 Å². The zero-order chi connectivity index (χ0) is 22.9. The van der Waals surface area contributed by atoms with Crippen LogP contribution >= 0.6 is 0 Å². The fourth-order valence-corrected chi connectivity index (χ4v) is 3.31. The molecule has 166 valence electrons. The minimum atomic E-state index is -0.442. The van der Waals surface area contributed by atoms with Crippen molar-refractivity contribution in [1.29, 1.82) is 0 Å². The van der Waals surface area contributed by atoms with Gasteiger partial charge in [-0.2, -0.15) is 0 Å². The van der Waals surface area contributed by atoms with Gasteiger partial charge in [-0.3, -0.25) is 9.59 Å². The third kappa shape index (κ3) is 4.57. The first-order valence-corrected chi connectivity index (χ1v) is 10.4. The van der Waals surface area contributed by atoms with E-state index >= 15 is 0 Å². The van der Waals surface area contributed by atoms with Crippen molar-refractivity contribution in [2.45, 2.75) is 12.8 Å². The number of anilines is 2. The quantitative estimate of drug-likeness (QED) is 0.331. The van der Waals surface area contributed by atoms with Gasteiger partial charge in [-0.05, 0) is 55.3 Å². The molecule has 0 unspecified atom stereocenters. The Morgan fingerprint density at radius 1 is 0.939 bits per heavy atom. The topological polar surface area (TPSA) is 125 Å². The normalized spacial score (nSPS) is 13.0. The number of aromatic hydroxyl groups is 2. The fourth-order valence-electron chi connectivity index (χ4n) is 3.31. The number of carbonyl (C=O) groups excluding carboxylic acids is 2. The lowest BCUT2D eigenvalue weighted by atomic mass is 10.2. The maximum absolute atomic E-state index is 12.4. The Labute approximate surface area is 188 Å². The standard InChI is InChI=1S/C24H20N4O5/c29-19-8-6-15(10-20(19)30)24(32)25-16-2-1-3-17(11-16)33-18-7-9-22-26-21(13-28(22)12-18)27-23(31)14-4-5-14/h1-3,6-14,29-30H,4-5H2,(H,25,32)(H,27,31). The number of carbonyl (C=O) groups is 2. The number of hydrogen-bond donors (Lipinski definition) is 4. The molecule has 9 heteroatoms. The summed E-state index contributed by atoms with van der Waals surface area (Å²) in [6.07, 6.45) is 5.33. The molecule has 2 aromatic carbocycles. The molecule has 1 fully saturated rings. The van der Waals surface area contributed by atoms with Crippen LogP contribution in [0.4, 0.5) is 11.5 Å². The molecule has 0 atom stereocenters. The van der Waals surface area contributed by atoms with Crippen molar-refractivity contribution in [2.24, 2.45) is 5.92 Å². The van der Waals surface area contributed by atoms with Gasteiger partial charge < -0.3 is 30.0 Å². The summed E-state index contributed by atoms with van der Waals surface area (Å²) in [5.41, 5.74) is 1.37. The van der Waals surface area contributed by atoms with Gasteiger partial charge in [0.05, 0.1) is 12.4 Å². The lowest BCUT2D eigenvalue weighted by molar-refractivity contribution is -0.117. The maximum Gasteiger partial charge on any atom is 0.255 e. The second-order valence-corrected chi connectivity index (χ2v) is 7.81. The van der Waals surface area contributed by atoms with Crippen molar-refractivity contribution in [2.75, 3.05) is 10.6 Å². The number of phenols is 2. The summed E-state index contributed by atoms with van der Waals surface area (Å²) in [6, 6.07) is 14.3. The van der Waals surface area contributed by atoms with Crippen LogP contribution in [0, 0.1) is 5.92 Å². The molecule has 4 N–H and O–H groups in total. The first-order chi connectivity index (χ1) is 15.9. The van der Waals surface area contributed by atoms with Gasteiger partial charge in [0.2, 0.25) is 5.91 Å². The molecule has 0 radical (unpaired) electrons. The maximum atomic E-state index is 12.4. The van der Waals surface area contributed by atoms with Gasteiger partial charge in [0.15, 0.2) is 17.3 Å². The minimum Gasteiger partial charge on any atom is -0.504 e. The van der Waals surface area contributed by atoms with E-state index in [1.165, 1.54) is 18.2 Å². The lowest BCUT2D eigenvalue weighted by Crippen LogP contribution is -2.13. The number of amides is 2. The Morgan fingerprint density at radius 2 is 1.79 bits per heavy atom. The van der Waals surface area contributed by atoms with E-state index in [0.717, 1.165) is 12.8 Å². The monoisotopic (exact) mass is 444 g/mol. The average Bonchev–Trinajstić information content (AvgIpc) is 3.57. The van der Waals surface area contributed by atoms with Crippen LogP contribution in [0.15, 0.2) is 67.0 Å². The van der Waals surface area contributed by atoms with E-state index in [1.807, 2.05) is 0 Å². The number of rotatable bonds is 6. The van der Waals surface area contributed by atoms with Gasteiger partial charge in [-0.15, -0.1) is 0 Å². The predicted octanol–water partition coefficient (Wildman–Crippen LogP) is 4.14. The third-order valence-corrected chi connectivity index (χ3v) is 5.19. The molecule has 0 bridgehead atoms. The van der Waals surface area contributed by atoms with Crippen LogP contribution in [0.25, 0.3) is 5.65 Å². The van der Waals surface area contributed by atoms with Crippen LogP contribution in [0.2, 0.25) is 0 Å². The van der Waals surface area contributed by atoms with Crippen molar-refractivity contribution in [1.82, 2.24) is 9.38 Å². The molecule has 5 rings (SSSR count). The van der Waals surface area contributed by atoms with Gasteiger partial charge in [-0.1, -0.05) is 6.07 Å². The van der Waals surface area contributed by atoms with E-state index in [2.05, 4.69) is 15.6 Å². The molecule has 1 aliphatic rings. The molecule has 2 heterocycles. The first-order valence-electron chi connectivity index (χ1n) is 10.4. The second kappa shape index (κ2) is 8.19. The molecular weight excluding hydrogens is 424 g/mol. The lowest BCUT2D eigenvalue weighted by Gasteiger charge is -2.10. The van der Waals surface area contributed by atoms with E-state index in [4.69, 9.17) is 4.74 Å². The number of ether oxygens (including phenoxy) is 1. The predicted molar refractivity (Wildman–Crippen MR) is 121 cm³/mol. The molecular formula is C24H20N4O5. The van der Waals surface area contributed by atoms with Gasteiger partial charge in [0, 0.05) is 23.2 Å². The van der Waals surface area contributed by atoms with E-state index in [1.54, 1.807) is 53.2 Å². The Bertz CT molecular complexity index is 1380. The summed E-state index contributed by atoms with van der Waals surface area (Å²) in [6.45, 7) is 0. The van der Waals surface area contributed by atoms with Crippen LogP contribution in [0.3, 0.4) is 0 Å². The highest BCUT2D eigenvalue weighted by atomic mass is 16.5. The number of aromatic nitrogens is 2. The number of imidazole rings is 1. The fraction of sp³-hybridized carbons (Fsp3) is 0.125. The SMILES string of the molecule is O=C(Nc1cccc(Oc2ccc3nc(NC(=O)C4CC4)cn3c2)c1)c1ccc(O)c(O)c1. The van der Waals surface area contributed by atoms with Gasteiger partial charge in [-0.25, -0.2) is 4.98 Å². The van der Waals surface area contributed by atoms with Gasteiger partial charge in [0.25, 0.3) is 5.91 Å². The number of hydrogen-bond acceptors (Lipinski definition) is 6. The molecule has 0 aliphatic heterocycles. The summed E-state index contributed by atoms with van der Waals surface area (Å²) < 4.78 is 7.69. The van der Waals surface area contributed by atoms with E-state index in [-0.39, 0.29) is 28.9 Å². The summed E-state index contributed by atoms with van der Waals surface area (Å²) in [4.78, 5) is 28.8. The van der Waals surface area contributed by atoms with Crippen molar-refractivity contribution < 1.29 is 24.5 Å². The zero-order valence-electron chi connectivity index (χ0n) is 17.4. The minimum absolute atomic E-state index is 0.00346. The smallest absolute Gasteiger partial charge is 0.255 e. The molecule has 1 aliphatic carbocycles. The summed E-state index contributed by atoms with van der Waals surface area (Å²) in [5, 5.41) is 24.5. The summed E-state index contributed by atoms with van der Waals surface area (Å²) in [5.74, 6) is 0.531. The number of benzene rings is 2. The van der Waals surface area contributed by atoms with Gasteiger partial charge in [0.1, 0.15) is 17.1 Å². The van der Waals surface area contributed by atoms with Gasteiger partial charge >= 0.3 is 0 Å². The molecule has 0 saturated heterocycles. The molecule has 4 aromatic rings. The van der Waals surface area contributed by atoms with Crippen molar-refractivity contribution in [3.63, 3.8) is 0 Å². The summed E-state index contributed by atoms with van der Waals surface area (Å²) in [7, 11) is 0. The third-order valence-electron chi connectivity index (χ3n) is 5.19. The van der Waals surface area contributed by atoms with E-state index < -0.39 is 5.91 Å². The number of pyridine rings is 1. The van der Waals surface area contributed by atoms with E-state index in [0.29, 0.717) is 28.7 Å². The first kappa shape index (κ1) is 20.4. The van der Waals surface area contributed by atoms with Crippen LogP contribution in [0.1, 0.15) is 23.2 Å². The summed E-state index contributed by atoms with van der Waals surface area (Å²) >= 11 is 0. The molecule has 0 spiro atoms. The Hall–Kier alpha value is -4.53. The number of fused-ring (bicyclic) bond motifs is 1. The number of phenolic OH excluding ortho intramolecular Hbond substituents is 2. The van der Waals surface area contributed by atoms with Crippen molar-refractivity contribution in [3.05, 3.63) is 72.6 Å². The van der Waals surface area contributed by atoms with Crippen LogP contribution in [-0.2, 0) is 4.79 Å². The van der Waals surface area contributed by atoms with Crippen molar-refractivity contribution >= 4 is 29.0 Å². The highest BCUT2D eigenvalue weighted by Gasteiger charge is 2.30. The highest BCUT2D eigenvalue weighted by Crippen LogP contribution is 2.30. The Morgan fingerprint density at radius 3 is 2.58 bits per heavy atom. The van der Waals surface area contributed by atoms with E-state index in [9.17, 15) is 19.8 Å². The Balaban J connectivity index is 1.29. The largest absolute Gasteiger partial charge is 0.504 e. The number of nitrogens with one attached hydrogen (secondary N) is 2. The second-order valence-electron chi connectivity index (χ2n) is 7.81. The molecule has 33 heavy (non-hydrogen) atoms. The van der Waals surface area contributed by atoms with Crippen molar-refractivity contribution in [3.8, 4) is 23.0 Å².